The van der Waals surface area contributed by atoms with Crippen LogP contribution in [0.1, 0.15) is 62.3 Å². The van der Waals surface area contributed by atoms with Gasteiger partial charge in [-0.2, -0.15) is 0 Å². The van der Waals surface area contributed by atoms with Gasteiger partial charge in [-0.1, -0.05) is 192 Å². The van der Waals surface area contributed by atoms with Crippen LogP contribution < -0.4 is 0 Å². The quantitative estimate of drug-likeness (QED) is 0.154. The van der Waals surface area contributed by atoms with E-state index in [9.17, 15) is 5.11 Å². The molecule has 0 aliphatic carbocycles. The monoisotopic (exact) mass is 1070 g/mol. The van der Waals surface area contributed by atoms with Crippen LogP contribution >= 0.6 is 0 Å². The average molecular weight is 1070 g/mol. The fourth-order valence-electron chi connectivity index (χ4n) is 9.17. The zero-order valence-corrected chi connectivity index (χ0v) is 41.4. The van der Waals surface area contributed by atoms with Crippen LogP contribution in [0.5, 0.6) is 5.75 Å². The number of hydrogen-bond acceptors (Lipinski definition) is 3. The summed E-state index contributed by atoms with van der Waals surface area (Å²) in [6, 6.07) is 66.6. The molecule has 2 aromatic heterocycles. The maximum Gasteiger partial charge on any atom is 0.148 e. The van der Waals surface area contributed by atoms with Crippen molar-refractivity contribution in [1.82, 2.24) is 14.5 Å². The van der Waals surface area contributed by atoms with Crippen LogP contribution in [0.25, 0.3) is 95.0 Å². The van der Waals surface area contributed by atoms with Crippen molar-refractivity contribution >= 4 is 11.0 Å². The molecule has 0 saturated heterocycles. The Morgan fingerprint density at radius 3 is 1.82 bits per heavy atom. The predicted molar refractivity (Wildman–Crippen MR) is 280 cm³/mol. The number of imidazole rings is 1. The van der Waals surface area contributed by atoms with E-state index in [0.29, 0.717) is 28.1 Å². The summed E-state index contributed by atoms with van der Waals surface area (Å²) >= 11 is 0. The van der Waals surface area contributed by atoms with Crippen LogP contribution in [0.2, 0.25) is 0 Å². The number of hydrogen-bond donors (Lipinski definition) is 1. The number of aromatic nitrogens is 3. The minimum Gasteiger partial charge on any atom is -0.507 e. The van der Waals surface area contributed by atoms with E-state index in [0.717, 1.165) is 72.5 Å². The summed E-state index contributed by atoms with van der Waals surface area (Å²) in [6.07, 6.45) is 1.85. The first-order chi connectivity index (χ1) is 33.5. The molecule has 0 unspecified atom stereocenters. The number of aryl methyl sites for hydroxylation is 1. The van der Waals surface area contributed by atoms with Gasteiger partial charge in [-0.15, -0.1) is 29.3 Å². The number of para-hydroxylation sites is 2. The van der Waals surface area contributed by atoms with Gasteiger partial charge in [0, 0.05) is 37.1 Å². The van der Waals surface area contributed by atoms with Crippen LogP contribution in [0.3, 0.4) is 0 Å². The van der Waals surface area contributed by atoms with Crippen LogP contribution in [-0.2, 0) is 31.9 Å². The first-order valence-electron chi connectivity index (χ1n) is 24.4. The topological polar surface area (TPSA) is 50.9 Å². The largest absolute Gasteiger partial charge is 0.507 e. The number of pyridine rings is 1. The van der Waals surface area contributed by atoms with Crippen molar-refractivity contribution in [3.63, 3.8) is 0 Å². The maximum atomic E-state index is 11.5. The summed E-state index contributed by atoms with van der Waals surface area (Å²) in [5, 5.41) is 11.5. The number of phenolic OH excluding ortho intramolecular Hbond substituents is 1. The Morgan fingerprint density at radius 2 is 1.13 bits per heavy atom. The van der Waals surface area contributed by atoms with Gasteiger partial charge in [-0.25, -0.2) is 4.98 Å². The molecule has 1 N–H and O–H groups in total. The smallest absolute Gasteiger partial charge is 0.148 e. The number of phenols is 1. The Hall–Kier alpha value is -7.13. The first kappa shape index (κ1) is 42.2. The Morgan fingerprint density at radius 1 is 0.529 bits per heavy atom. The zero-order chi connectivity index (χ0) is 49.0. The maximum absolute atomic E-state index is 11.5. The van der Waals surface area contributed by atoms with Crippen LogP contribution in [0, 0.1) is 12.9 Å². The van der Waals surface area contributed by atoms with E-state index in [1.165, 1.54) is 5.56 Å². The predicted octanol–water partition coefficient (Wildman–Crippen LogP) is 16.5. The third kappa shape index (κ3) is 8.90. The second-order valence-corrected chi connectivity index (χ2v) is 19.4. The Kier molecular flexibility index (Phi) is 11.5. The number of nitrogens with zero attached hydrogens (tertiary/aromatic N) is 3. The van der Waals surface area contributed by atoms with Crippen molar-refractivity contribution in [3.05, 3.63) is 217 Å². The normalized spacial score (nSPS) is 12.5. The molecule has 0 spiro atoms. The Bertz CT molecular complexity index is 3550. The van der Waals surface area contributed by atoms with Crippen molar-refractivity contribution < 1.29 is 30.3 Å². The molecule has 0 aliphatic heterocycles. The van der Waals surface area contributed by atoms with Crippen molar-refractivity contribution in [3.8, 4) is 89.7 Å². The van der Waals surface area contributed by atoms with E-state index in [2.05, 4.69) is 145 Å². The van der Waals surface area contributed by atoms with E-state index < -0.39 is 6.85 Å². The molecular weight excluding hydrogens is 1010 g/mol. The van der Waals surface area contributed by atoms with Crippen LogP contribution in [0.15, 0.2) is 194 Å². The molecule has 0 radical (unpaired) electrons. The number of fused-ring (bicyclic) bond motifs is 1. The molecule has 4 nitrogen and oxygen atoms in total. The average Bonchev–Trinajstić information content (AvgIpc) is 3.75. The Balaban J connectivity index is 0.00000624. The fraction of sp³-hybridized carbons (Fsp3) is 0.143. The van der Waals surface area contributed by atoms with Gasteiger partial charge < -0.3 is 5.11 Å². The molecule has 8 aromatic carbocycles. The van der Waals surface area contributed by atoms with Gasteiger partial charge in [0.1, 0.15) is 11.6 Å². The van der Waals surface area contributed by atoms with Crippen molar-refractivity contribution in [2.45, 2.75) is 59.2 Å². The summed E-state index contributed by atoms with van der Waals surface area (Å²) in [7, 11) is 0. The molecule has 0 fully saturated rings. The SMILES string of the molecule is [2H]C([2H])([2H])c1cc(-c2c(-c3ccccc3)cccc2C(C)(C)C)ccc1-n1c(-c2ccccc2O)nc2c(-c3[c-]c(-c4cc(-c5ccc(-c6ccccc6)cc5)ccn4)cc(C(C)(C)C)c3)cccc21.[Pt]. The molecule has 0 saturated carbocycles. The summed E-state index contributed by atoms with van der Waals surface area (Å²) in [4.78, 5) is 10.3. The fourth-order valence-corrected chi connectivity index (χ4v) is 9.17. The summed E-state index contributed by atoms with van der Waals surface area (Å²) < 4.78 is 29.2. The minimum atomic E-state index is -2.53. The zero-order valence-electron chi connectivity index (χ0n) is 42.1. The molecule has 10 aromatic rings. The third-order valence-electron chi connectivity index (χ3n) is 12.7. The minimum absolute atomic E-state index is 0. The van der Waals surface area contributed by atoms with E-state index >= 15 is 0 Å². The van der Waals surface area contributed by atoms with Gasteiger partial charge in [0.25, 0.3) is 0 Å². The molecule has 0 atom stereocenters. The van der Waals surface area contributed by atoms with E-state index in [-0.39, 0.29) is 43.2 Å². The molecule has 0 aliphatic rings. The molecule has 0 amide bonds. The van der Waals surface area contributed by atoms with Gasteiger partial charge in [0.05, 0.1) is 22.3 Å². The molecule has 338 valence electrons. The van der Waals surface area contributed by atoms with Gasteiger partial charge in [0.15, 0.2) is 0 Å². The molecule has 10 rings (SSSR count). The van der Waals surface area contributed by atoms with Gasteiger partial charge >= 0.3 is 0 Å². The summed E-state index contributed by atoms with van der Waals surface area (Å²) in [5.74, 6) is 0.447. The standard InChI is InChI=1S/C63H54N3O.Pt/c1-41-36-47(59-51(45-20-12-9-13-21-45)23-16-25-54(59)63(5,6)7)32-33-56(41)66-57-26-17-24-52(60(57)65-61(66)53-22-14-15-27-58(53)67)48-37-49(39-50(38-48)62(2,3)4)55-40-46(34-35-64-55)44-30-28-43(29-31-44)42-18-10-8-11-19-42;/h8-36,38-40,67H,1-7H3;/q-1;/i1D3;. The van der Waals surface area contributed by atoms with Crippen LogP contribution in [-0.4, -0.2) is 19.6 Å². The van der Waals surface area contributed by atoms with Gasteiger partial charge in [-0.05, 0) is 110 Å². The number of aromatic hydroxyl groups is 1. The van der Waals surface area contributed by atoms with Gasteiger partial charge in [0.2, 0.25) is 0 Å². The Labute approximate surface area is 419 Å². The molecule has 68 heavy (non-hydrogen) atoms. The summed E-state index contributed by atoms with van der Waals surface area (Å²) in [6.45, 7) is 10.6. The van der Waals surface area contributed by atoms with Crippen molar-refractivity contribution in [1.29, 1.82) is 0 Å². The molecule has 5 heteroatoms. The van der Waals surface area contributed by atoms with Crippen LogP contribution in [0.4, 0.5) is 0 Å². The molecular formula is C63H54N3OPt-. The molecule has 2 heterocycles. The summed E-state index contributed by atoms with van der Waals surface area (Å²) in [5.41, 5.74) is 15.7. The third-order valence-corrected chi connectivity index (χ3v) is 12.7. The first-order valence-corrected chi connectivity index (χ1v) is 22.9. The second kappa shape index (κ2) is 18.5. The van der Waals surface area contributed by atoms with Gasteiger partial charge in [-0.3, -0.25) is 9.55 Å². The van der Waals surface area contributed by atoms with E-state index in [1.54, 1.807) is 12.1 Å². The second-order valence-electron chi connectivity index (χ2n) is 19.4. The van der Waals surface area contributed by atoms with E-state index in [4.69, 9.17) is 14.1 Å². The van der Waals surface area contributed by atoms with Crippen molar-refractivity contribution in [2.75, 3.05) is 0 Å². The molecule has 0 bridgehead atoms. The number of benzene rings is 8. The number of rotatable bonds is 8. The van der Waals surface area contributed by atoms with Crippen molar-refractivity contribution in [2.24, 2.45) is 0 Å². The van der Waals surface area contributed by atoms with E-state index in [1.807, 2.05) is 89.6 Å².